The van der Waals surface area contributed by atoms with Crippen molar-refractivity contribution in [3.05, 3.63) is 41.0 Å². The molecule has 2 aliphatic rings. The standard InChI is InChI=1S/C17H19FN4OS/c18-12-5-3-10-4-6-14(13(10)9-12)24-17-21-20-16(11-1-2-11)22(17)8-7-15(19)23/h3,5,9,11,14H,1-2,4,6-8H2,(H2,19,23)/t14-/m0/s1. The zero-order valence-electron chi connectivity index (χ0n) is 13.2. The van der Waals surface area contributed by atoms with E-state index in [2.05, 4.69) is 10.2 Å². The Labute approximate surface area is 143 Å². The number of nitrogens with zero attached hydrogens (tertiary/aromatic N) is 3. The monoisotopic (exact) mass is 346 g/mol. The first-order chi connectivity index (χ1) is 11.6. The number of hydrogen-bond donors (Lipinski definition) is 1. The molecule has 1 saturated carbocycles. The molecule has 4 rings (SSSR count). The van der Waals surface area contributed by atoms with Crippen LogP contribution in [-0.2, 0) is 17.8 Å². The first-order valence-electron chi connectivity index (χ1n) is 8.28. The van der Waals surface area contributed by atoms with E-state index in [9.17, 15) is 9.18 Å². The molecule has 7 heteroatoms. The van der Waals surface area contributed by atoms with Gasteiger partial charge in [-0.3, -0.25) is 4.79 Å². The molecule has 1 fully saturated rings. The molecule has 2 aromatic rings. The first kappa shape index (κ1) is 15.6. The van der Waals surface area contributed by atoms with E-state index in [1.54, 1.807) is 17.8 Å². The van der Waals surface area contributed by atoms with Crippen molar-refractivity contribution in [3.8, 4) is 0 Å². The summed E-state index contributed by atoms with van der Waals surface area (Å²) in [5.41, 5.74) is 7.56. The second-order valence-electron chi connectivity index (χ2n) is 6.47. The number of amides is 1. The normalized spacial score (nSPS) is 19.5. The molecule has 1 atom stereocenters. The highest BCUT2D eigenvalue weighted by Crippen LogP contribution is 2.46. The second-order valence-corrected chi connectivity index (χ2v) is 7.64. The summed E-state index contributed by atoms with van der Waals surface area (Å²) in [4.78, 5) is 11.2. The molecule has 5 nitrogen and oxygen atoms in total. The van der Waals surface area contributed by atoms with Crippen LogP contribution in [0.2, 0.25) is 0 Å². The van der Waals surface area contributed by atoms with E-state index in [1.165, 1.54) is 11.6 Å². The van der Waals surface area contributed by atoms with Crippen LogP contribution in [0.15, 0.2) is 23.4 Å². The molecule has 1 aromatic carbocycles. The van der Waals surface area contributed by atoms with Gasteiger partial charge in [0.15, 0.2) is 5.16 Å². The number of nitrogens with two attached hydrogens (primary N) is 1. The molecule has 1 amide bonds. The van der Waals surface area contributed by atoms with E-state index in [0.717, 1.165) is 42.2 Å². The number of carbonyl (C=O) groups is 1. The molecule has 2 aliphatic carbocycles. The Morgan fingerprint density at radius 2 is 2.17 bits per heavy atom. The predicted octanol–water partition coefficient (Wildman–Crippen LogP) is 2.95. The molecular weight excluding hydrogens is 327 g/mol. The summed E-state index contributed by atoms with van der Waals surface area (Å²) in [5, 5.41) is 9.67. The second kappa shape index (κ2) is 6.20. The highest BCUT2D eigenvalue weighted by Gasteiger charge is 2.32. The van der Waals surface area contributed by atoms with Crippen LogP contribution in [0.3, 0.4) is 0 Å². The lowest BCUT2D eigenvalue weighted by atomic mass is 10.1. The Kier molecular flexibility index (Phi) is 4.04. The van der Waals surface area contributed by atoms with Crippen molar-refractivity contribution in [1.29, 1.82) is 0 Å². The van der Waals surface area contributed by atoms with Crippen LogP contribution < -0.4 is 5.73 Å². The number of aryl methyl sites for hydroxylation is 1. The van der Waals surface area contributed by atoms with Gasteiger partial charge < -0.3 is 10.3 Å². The van der Waals surface area contributed by atoms with Crippen molar-refractivity contribution in [1.82, 2.24) is 14.8 Å². The average Bonchev–Trinajstić information content (AvgIpc) is 3.21. The van der Waals surface area contributed by atoms with Crippen LogP contribution in [0, 0.1) is 5.82 Å². The maximum absolute atomic E-state index is 13.6. The van der Waals surface area contributed by atoms with Gasteiger partial charge in [-0.2, -0.15) is 0 Å². The van der Waals surface area contributed by atoms with Gasteiger partial charge in [-0.1, -0.05) is 17.8 Å². The van der Waals surface area contributed by atoms with Gasteiger partial charge in [0, 0.05) is 24.1 Å². The number of thioether (sulfide) groups is 1. The summed E-state index contributed by atoms with van der Waals surface area (Å²) in [6.45, 7) is 0.513. The quantitative estimate of drug-likeness (QED) is 0.873. The molecule has 1 heterocycles. The maximum atomic E-state index is 13.6. The minimum atomic E-state index is -0.324. The predicted molar refractivity (Wildman–Crippen MR) is 89.1 cm³/mol. The Bertz CT molecular complexity index is 787. The lowest BCUT2D eigenvalue weighted by molar-refractivity contribution is -0.118. The fourth-order valence-corrected chi connectivity index (χ4v) is 4.48. The molecule has 0 radical (unpaired) electrons. The minimum Gasteiger partial charge on any atom is -0.370 e. The largest absolute Gasteiger partial charge is 0.370 e. The van der Waals surface area contributed by atoms with Gasteiger partial charge in [0.25, 0.3) is 0 Å². The van der Waals surface area contributed by atoms with E-state index < -0.39 is 0 Å². The van der Waals surface area contributed by atoms with E-state index >= 15 is 0 Å². The van der Waals surface area contributed by atoms with Gasteiger partial charge in [0.05, 0.1) is 0 Å². The van der Waals surface area contributed by atoms with Crippen molar-refractivity contribution in [2.24, 2.45) is 5.73 Å². The molecular formula is C17H19FN4OS. The number of benzene rings is 1. The van der Waals surface area contributed by atoms with Crippen molar-refractivity contribution >= 4 is 17.7 Å². The van der Waals surface area contributed by atoms with Gasteiger partial charge >= 0.3 is 0 Å². The van der Waals surface area contributed by atoms with E-state index in [0.29, 0.717) is 12.5 Å². The average molecular weight is 346 g/mol. The van der Waals surface area contributed by atoms with Crippen LogP contribution in [0.1, 0.15) is 53.8 Å². The minimum absolute atomic E-state index is 0.180. The van der Waals surface area contributed by atoms with Crippen LogP contribution in [0.5, 0.6) is 0 Å². The topological polar surface area (TPSA) is 73.8 Å². The summed E-state index contributed by atoms with van der Waals surface area (Å²) in [7, 11) is 0. The maximum Gasteiger partial charge on any atom is 0.219 e. The third-order valence-electron chi connectivity index (χ3n) is 4.65. The van der Waals surface area contributed by atoms with Gasteiger partial charge in [-0.15, -0.1) is 10.2 Å². The van der Waals surface area contributed by atoms with Crippen molar-refractivity contribution in [3.63, 3.8) is 0 Å². The summed E-state index contributed by atoms with van der Waals surface area (Å²) >= 11 is 1.62. The smallest absolute Gasteiger partial charge is 0.219 e. The van der Waals surface area contributed by atoms with Gasteiger partial charge in [0.1, 0.15) is 11.6 Å². The van der Waals surface area contributed by atoms with Crippen LogP contribution in [0.25, 0.3) is 0 Å². The number of fused-ring (bicyclic) bond motifs is 1. The highest BCUT2D eigenvalue weighted by atomic mass is 32.2. The molecule has 0 aliphatic heterocycles. The molecule has 24 heavy (non-hydrogen) atoms. The fourth-order valence-electron chi connectivity index (χ4n) is 3.25. The van der Waals surface area contributed by atoms with E-state index in [1.807, 2.05) is 10.6 Å². The first-order valence-corrected chi connectivity index (χ1v) is 9.16. The van der Waals surface area contributed by atoms with Crippen LogP contribution >= 0.6 is 11.8 Å². The van der Waals surface area contributed by atoms with Crippen molar-refractivity contribution in [2.45, 2.75) is 55.0 Å². The number of rotatable bonds is 6. The van der Waals surface area contributed by atoms with Crippen LogP contribution in [-0.4, -0.2) is 20.7 Å². The van der Waals surface area contributed by atoms with Gasteiger partial charge in [0.2, 0.25) is 5.91 Å². The zero-order chi connectivity index (χ0) is 16.7. The fraction of sp³-hybridized carbons (Fsp3) is 0.471. The highest BCUT2D eigenvalue weighted by molar-refractivity contribution is 7.99. The van der Waals surface area contributed by atoms with Crippen molar-refractivity contribution in [2.75, 3.05) is 0 Å². The Morgan fingerprint density at radius 1 is 1.33 bits per heavy atom. The molecule has 126 valence electrons. The van der Waals surface area contributed by atoms with E-state index in [-0.39, 0.29) is 23.4 Å². The summed E-state index contributed by atoms with van der Waals surface area (Å²) < 4.78 is 15.6. The number of carbonyl (C=O) groups excluding carboxylic acids is 1. The number of hydrogen-bond acceptors (Lipinski definition) is 4. The molecule has 0 saturated heterocycles. The molecule has 2 N–H and O–H groups in total. The summed E-state index contributed by atoms with van der Waals surface area (Å²) in [6.07, 6.45) is 4.44. The van der Waals surface area contributed by atoms with Crippen molar-refractivity contribution < 1.29 is 9.18 Å². The molecule has 0 bridgehead atoms. The third-order valence-corrected chi connectivity index (χ3v) is 5.94. The van der Waals surface area contributed by atoms with Gasteiger partial charge in [-0.25, -0.2) is 4.39 Å². The number of primary amides is 1. The van der Waals surface area contributed by atoms with E-state index in [4.69, 9.17) is 5.73 Å². The number of halogens is 1. The Morgan fingerprint density at radius 3 is 2.92 bits per heavy atom. The summed E-state index contributed by atoms with van der Waals surface area (Å²) in [5.74, 6) is 0.883. The lowest BCUT2D eigenvalue weighted by Crippen LogP contribution is -2.15. The number of aromatic nitrogens is 3. The third kappa shape index (κ3) is 3.05. The zero-order valence-corrected chi connectivity index (χ0v) is 14.1. The van der Waals surface area contributed by atoms with Crippen LogP contribution in [0.4, 0.5) is 4.39 Å². The molecule has 0 spiro atoms. The SMILES string of the molecule is NC(=O)CCn1c(S[C@H]2CCc3ccc(F)cc32)nnc1C1CC1. The Balaban J connectivity index is 1.59. The molecule has 0 unspecified atom stereocenters. The lowest BCUT2D eigenvalue weighted by Gasteiger charge is -2.13. The Hall–Kier alpha value is -1.89. The molecule has 1 aromatic heterocycles. The van der Waals surface area contributed by atoms with Gasteiger partial charge in [-0.05, 0) is 48.9 Å². The summed E-state index contributed by atoms with van der Waals surface area (Å²) in [6, 6.07) is 5.02.